The third-order valence-corrected chi connectivity index (χ3v) is 5.06. The van der Waals surface area contributed by atoms with Gasteiger partial charge in [-0.2, -0.15) is 4.98 Å². The Kier molecular flexibility index (Phi) is 5.05. The Morgan fingerprint density at radius 2 is 1.81 bits per heavy atom. The van der Waals surface area contributed by atoms with Crippen LogP contribution in [0.5, 0.6) is 0 Å². The summed E-state index contributed by atoms with van der Waals surface area (Å²) in [7, 11) is 0. The van der Waals surface area contributed by atoms with E-state index >= 15 is 0 Å². The van der Waals surface area contributed by atoms with Crippen LogP contribution in [0.4, 0.5) is 17.5 Å². The van der Waals surface area contributed by atoms with Crippen molar-refractivity contribution in [2.45, 2.75) is 39.2 Å². The van der Waals surface area contributed by atoms with Crippen molar-refractivity contribution in [2.75, 3.05) is 16.8 Å². The highest BCUT2D eigenvalue weighted by Crippen LogP contribution is 2.37. The summed E-state index contributed by atoms with van der Waals surface area (Å²) in [5, 5.41) is 3.41. The quantitative estimate of drug-likeness (QED) is 0.636. The summed E-state index contributed by atoms with van der Waals surface area (Å²) in [5.41, 5.74) is 5.01. The Morgan fingerprint density at radius 1 is 1.04 bits per heavy atom. The average molecular weight is 358 g/mol. The molecule has 27 heavy (non-hydrogen) atoms. The minimum Gasteiger partial charge on any atom is -0.354 e. The lowest BCUT2D eigenvalue weighted by atomic mass is 10.1. The number of anilines is 3. The minimum atomic E-state index is 0.405. The van der Waals surface area contributed by atoms with E-state index in [0.717, 1.165) is 43.3 Å². The van der Waals surface area contributed by atoms with E-state index in [-0.39, 0.29) is 0 Å². The zero-order valence-corrected chi connectivity index (χ0v) is 16.0. The second-order valence-corrected chi connectivity index (χ2v) is 7.26. The monoisotopic (exact) mass is 358 g/mol. The molecule has 1 aliphatic rings. The molecule has 2 heterocycles. The summed E-state index contributed by atoms with van der Waals surface area (Å²) < 4.78 is 0. The third kappa shape index (κ3) is 3.95. The normalized spacial score (nSPS) is 15.6. The summed E-state index contributed by atoms with van der Waals surface area (Å²) in [6.45, 7) is 5.15. The highest BCUT2D eigenvalue weighted by Gasteiger charge is 2.28. The van der Waals surface area contributed by atoms with Crippen molar-refractivity contribution < 1.29 is 0 Å². The molecule has 1 N–H and O–H groups in total. The molecule has 1 aromatic heterocycles. The maximum Gasteiger partial charge on any atom is 0.224 e. The largest absolute Gasteiger partial charge is 0.354 e. The number of nitrogens with one attached hydrogen (secondary N) is 1. The molecular formula is C23H26N4. The van der Waals surface area contributed by atoms with Crippen molar-refractivity contribution in [3.05, 3.63) is 77.5 Å². The maximum atomic E-state index is 4.81. The van der Waals surface area contributed by atoms with Crippen LogP contribution in [0.15, 0.2) is 60.7 Å². The summed E-state index contributed by atoms with van der Waals surface area (Å²) in [4.78, 5) is 11.7. The van der Waals surface area contributed by atoms with Gasteiger partial charge in [-0.05, 0) is 50.3 Å². The first kappa shape index (κ1) is 17.5. The molecule has 0 saturated carbocycles. The van der Waals surface area contributed by atoms with Crippen LogP contribution in [-0.4, -0.2) is 22.6 Å². The van der Waals surface area contributed by atoms with Crippen LogP contribution in [-0.2, 0) is 12.8 Å². The highest BCUT2D eigenvalue weighted by molar-refractivity contribution is 5.69. The average Bonchev–Trinajstić information content (AvgIpc) is 3.01. The first-order chi connectivity index (χ1) is 13.2. The van der Waals surface area contributed by atoms with Crippen LogP contribution in [0.2, 0.25) is 0 Å². The molecule has 4 nitrogen and oxygen atoms in total. The van der Waals surface area contributed by atoms with Crippen molar-refractivity contribution in [3.8, 4) is 0 Å². The van der Waals surface area contributed by atoms with Crippen molar-refractivity contribution in [2.24, 2.45) is 0 Å². The SMILES string of the molecule is Cc1cc(N2c3ccccc3CC2C)nc(NCCCc2ccccc2)n1. The van der Waals surface area contributed by atoms with Crippen LogP contribution in [0.1, 0.15) is 30.2 Å². The maximum absolute atomic E-state index is 4.81. The smallest absolute Gasteiger partial charge is 0.224 e. The molecule has 2 aromatic carbocycles. The third-order valence-electron chi connectivity index (χ3n) is 5.06. The number of hydrogen-bond acceptors (Lipinski definition) is 4. The number of nitrogens with zero attached hydrogens (tertiary/aromatic N) is 3. The number of benzene rings is 2. The molecule has 0 amide bonds. The van der Waals surface area contributed by atoms with Gasteiger partial charge in [-0.25, -0.2) is 4.98 Å². The van der Waals surface area contributed by atoms with Crippen LogP contribution in [0, 0.1) is 6.92 Å². The lowest BCUT2D eigenvalue weighted by Crippen LogP contribution is -2.25. The number of para-hydroxylation sites is 1. The number of fused-ring (bicyclic) bond motifs is 1. The second kappa shape index (κ2) is 7.78. The van der Waals surface area contributed by atoms with E-state index in [9.17, 15) is 0 Å². The van der Waals surface area contributed by atoms with E-state index in [1.807, 2.05) is 6.92 Å². The molecule has 0 aliphatic carbocycles. The van der Waals surface area contributed by atoms with Gasteiger partial charge in [0.25, 0.3) is 0 Å². The van der Waals surface area contributed by atoms with Crippen molar-refractivity contribution in [1.82, 2.24) is 9.97 Å². The first-order valence-corrected chi connectivity index (χ1v) is 9.71. The number of aromatic nitrogens is 2. The van der Waals surface area contributed by atoms with Gasteiger partial charge in [-0.3, -0.25) is 0 Å². The van der Waals surface area contributed by atoms with E-state index in [1.165, 1.54) is 16.8 Å². The zero-order chi connectivity index (χ0) is 18.6. The first-order valence-electron chi connectivity index (χ1n) is 9.71. The van der Waals surface area contributed by atoms with Gasteiger partial charge in [0.1, 0.15) is 5.82 Å². The molecule has 0 fully saturated rings. The summed E-state index contributed by atoms with van der Waals surface area (Å²) >= 11 is 0. The predicted molar refractivity (Wildman–Crippen MR) is 112 cm³/mol. The Morgan fingerprint density at radius 3 is 2.67 bits per heavy atom. The van der Waals surface area contributed by atoms with Crippen LogP contribution in [0.3, 0.4) is 0 Å². The predicted octanol–water partition coefficient (Wildman–Crippen LogP) is 4.91. The molecule has 0 saturated heterocycles. The number of hydrogen-bond donors (Lipinski definition) is 1. The molecule has 0 spiro atoms. The Bertz CT molecular complexity index is 907. The van der Waals surface area contributed by atoms with Gasteiger partial charge in [-0.1, -0.05) is 48.5 Å². The van der Waals surface area contributed by atoms with Gasteiger partial charge in [0, 0.05) is 30.0 Å². The molecule has 138 valence electrons. The second-order valence-electron chi connectivity index (χ2n) is 7.26. The van der Waals surface area contributed by atoms with Gasteiger partial charge in [0.05, 0.1) is 0 Å². The lowest BCUT2D eigenvalue weighted by Gasteiger charge is -2.24. The fourth-order valence-corrected chi connectivity index (χ4v) is 3.81. The number of aryl methyl sites for hydroxylation is 2. The molecule has 3 aromatic rings. The van der Waals surface area contributed by atoms with Gasteiger partial charge in [0.2, 0.25) is 5.95 Å². The summed E-state index contributed by atoms with van der Waals surface area (Å²) in [6, 6.07) is 21.7. The van der Waals surface area contributed by atoms with Gasteiger partial charge in [-0.15, -0.1) is 0 Å². The van der Waals surface area contributed by atoms with Crippen molar-refractivity contribution >= 4 is 17.5 Å². The summed E-state index contributed by atoms with van der Waals surface area (Å²) in [5.74, 6) is 1.69. The van der Waals surface area contributed by atoms with E-state index < -0.39 is 0 Å². The molecule has 4 rings (SSSR count). The Labute approximate surface area is 161 Å². The highest BCUT2D eigenvalue weighted by atomic mass is 15.3. The van der Waals surface area contributed by atoms with Crippen molar-refractivity contribution in [3.63, 3.8) is 0 Å². The Balaban J connectivity index is 1.46. The molecule has 1 aliphatic heterocycles. The van der Waals surface area contributed by atoms with Crippen LogP contribution < -0.4 is 10.2 Å². The van der Waals surface area contributed by atoms with Gasteiger partial charge < -0.3 is 10.2 Å². The Hall–Kier alpha value is -2.88. The van der Waals surface area contributed by atoms with Gasteiger partial charge in [0.15, 0.2) is 0 Å². The molecular weight excluding hydrogens is 332 g/mol. The summed E-state index contributed by atoms with van der Waals surface area (Å²) in [6.07, 6.45) is 3.17. The van der Waals surface area contributed by atoms with Crippen LogP contribution >= 0.6 is 0 Å². The standard InChI is InChI=1S/C23H26N4/c1-17-15-22(27-18(2)16-20-12-6-7-13-21(20)27)26-23(25-17)24-14-8-11-19-9-4-3-5-10-19/h3-7,9-10,12-13,15,18H,8,11,14,16H2,1-2H3,(H,24,25,26). The number of rotatable bonds is 6. The molecule has 1 atom stereocenters. The van der Waals surface area contributed by atoms with Gasteiger partial charge >= 0.3 is 0 Å². The van der Waals surface area contributed by atoms with E-state index in [0.29, 0.717) is 6.04 Å². The van der Waals surface area contributed by atoms with Crippen LogP contribution in [0.25, 0.3) is 0 Å². The van der Waals surface area contributed by atoms with E-state index in [4.69, 9.17) is 4.98 Å². The minimum absolute atomic E-state index is 0.405. The molecule has 0 radical (unpaired) electrons. The molecule has 4 heteroatoms. The van der Waals surface area contributed by atoms with E-state index in [1.54, 1.807) is 0 Å². The molecule has 0 bridgehead atoms. The zero-order valence-electron chi connectivity index (χ0n) is 16.0. The topological polar surface area (TPSA) is 41.1 Å². The lowest BCUT2D eigenvalue weighted by molar-refractivity contribution is 0.748. The fourth-order valence-electron chi connectivity index (χ4n) is 3.81. The fraction of sp³-hybridized carbons (Fsp3) is 0.304. The van der Waals surface area contributed by atoms with E-state index in [2.05, 4.69) is 82.8 Å². The van der Waals surface area contributed by atoms with Crippen molar-refractivity contribution in [1.29, 1.82) is 0 Å². The molecule has 1 unspecified atom stereocenters.